The predicted molar refractivity (Wildman–Crippen MR) is 86.6 cm³/mol. The van der Waals surface area contributed by atoms with Crippen molar-refractivity contribution in [2.75, 3.05) is 0 Å². The van der Waals surface area contributed by atoms with Crippen LogP contribution in [0.5, 0.6) is 0 Å². The predicted octanol–water partition coefficient (Wildman–Crippen LogP) is 3.91. The summed E-state index contributed by atoms with van der Waals surface area (Å²) in [4.78, 5) is 11.4. The van der Waals surface area contributed by atoms with Crippen LogP contribution < -0.4 is 0 Å². The highest BCUT2D eigenvalue weighted by Gasteiger charge is 2.46. The van der Waals surface area contributed by atoms with Gasteiger partial charge in [0.1, 0.15) is 12.2 Å². The third-order valence-corrected chi connectivity index (χ3v) is 4.11. The zero-order valence-corrected chi connectivity index (χ0v) is 12.5. The summed E-state index contributed by atoms with van der Waals surface area (Å²) in [5, 5.41) is 0. The van der Waals surface area contributed by atoms with Crippen molar-refractivity contribution in [3.8, 4) is 0 Å². The Balaban J connectivity index is 1.74. The standard InChI is InChI=1S/C20H16O3/c21-17-11-13-20(14-12-17)22-18(15-7-3-1-4-8-15)19(23-20)16-9-5-2-6-10-16/h1-14,18-19H/t18-,19-/m1/s1. The van der Waals surface area contributed by atoms with Crippen LogP contribution in [0.3, 0.4) is 0 Å². The maximum Gasteiger partial charge on any atom is 0.210 e. The lowest BCUT2D eigenvalue weighted by Gasteiger charge is -2.22. The molecular weight excluding hydrogens is 288 g/mol. The van der Waals surface area contributed by atoms with E-state index in [2.05, 4.69) is 0 Å². The zero-order chi connectivity index (χ0) is 15.7. The van der Waals surface area contributed by atoms with E-state index >= 15 is 0 Å². The number of hydrogen-bond donors (Lipinski definition) is 0. The van der Waals surface area contributed by atoms with Crippen LogP contribution in [0.2, 0.25) is 0 Å². The number of benzene rings is 2. The Hall–Kier alpha value is -2.49. The summed E-state index contributed by atoms with van der Waals surface area (Å²) in [6.07, 6.45) is 5.90. The lowest BCUT2D eigenvalue weighted by molar-refractivity contribution is -0.115. The molecule has 0 saturated carbocycles. The molecule has 1 fully saturated rings. The molecule has 23 heavy (non-hydrogen) atoms. The summed E-state index contributed by atoms with van der Waals surface area (Å²) in [6, 6.07) is 20.0. The first-order valence-corrected chi connectivity index (χ1v) is 7.64. The number of hydrogen-bond acceptors (Lipinski definition) is 3. The quantitative estimate of drug-likeness (QED) is 0.844. The van der Waals surface area contributed by atoms with E-state index in [1.807, 2.05) is 60.7 Å². The molecule has 1 aliphatic heterocycles. The largest absolute Gasteiger partial charge is 0.332 e. The number of rotatable bonds is 2. The number of ketones is 1. The molecule has 2 aromatic carbocycles. The van der Waals surface area contributed by atoms with Crippen molar-refractivity contribution in [3.05, 3.63) is 96.1 Å². The molecule has 4 rings (SSSR count). The van der Waals surface area contributed by atoms with Gasteiger partial charge in [0.25, 0.3) is 0 Å². The number of carbonyl (C=O) groups excluding carboxylic acids is 1. The molecule has 1 spiro atoms. The molecule has 2 aromatic rings. The van der Waals surface area contributed by atoms with E-state index < -0.39 is 5.79 Å². The van der Waals surface area contributed by atoms with Crippen LogP contribution in [0.25, 0.3) is 0 Å². The highest BCUT2D eigenvalue weighted by Crippen LogP contribution is 2.48. The van der Waals surface area contributed by atoms with Gasteiger partial charge in [-0.25, -0.2) is 0 Å². The molecule has 0 radical (unpaired) electrons. The summed E-state index contributed by atoms with van der Waals surface area (Å²) in [6.45, 7) is 0. The molecular formula is C20H16O3. The number of allylic oxidation sites excluding steroid dienone is 2. The maximum absolute atomic E-state index is 11.4. The maximum atomic E-state index is 11.4. The lowest BCUT2D eigenvalue weighted by atomic mass is 9.99. The average Bonchev–Trinajstić information content (AvgIpc) is 2.99. The van der Waals surface area contributed by atoms with Gasteiger partial charge < -0.3 is 9.47 Å². The van der Waals surface area contributed by atoms with Crippen molar-refractivity contribution in [3.63, 3.8) is 0 Å². The Morgan fingerprint density at radius 2 is 1.13 bits per heavy atom. The molecule has 0 aromatic heterocycles. The molecule has 1 saturated heterocycles. The first-order chi connectivity index (χ1) is 11.3. The van der Waals surface area contributed by atoms with Crippen molar-refractivity contribution in [2.45, 2.75) is 18.0 Å². The molecule has 114 valence electrons. The summed E-state index contributed by atoms with van der Waals surface area (Å²) >= 11 is 0. The first kappa shape index (κ1) is 14.1. The van der Waals surface area contributed by atoms with E-state index in [1.165, 1.54) is 12.2 Å². The van der Waals surface area contributed by atoms with Crippen LogP contribution in [-0.2, 0) is 14.3 Å². The molecule has 2 aliphatic rings. The second-order valence-electron chi connectivity index (χ2n) is 5.69. The Bertz CT molecular complexity index is 696. The minimum atomic E-state index is -0.977. The van der Waals surface area contributed by atoms with Gasteiger partial charge >= 0.3 is 0 Å². The third kappa shape index (κ3) is 2.65. The summed E-state index contributed by atoms with van der Waals surface area (Å²) in [5.74, 6) is -1.03. The highest BCUT2D eigenvalue weighted by atomic mass is 16.8. The normalized spacial score (nSPS) is 25.1. The molecule has 3 heteroatoms. The molecule has 1 heterocycles. The van der Waals surface area contributed by atoms with Crippen molar-refractivity contribution in [1.82, 2.24) is 0 Å². The molecule has 3 nitrogen and oxygen atoms in total. The van der Waals surface area contributed by atoms with Gasteiger partial charge in [-0.3, -0.25) is 4.79 Å². The fourth-order valence-corrected chi connectivity index (χ4v) is 2.98. The summed E-state index contributed by atoms with van der Waals surface area (Å²) < 4.78 is 12.5. The van der Waals surface area contributed by atoms with Crippen LogP contribution in [0.4, 0.5) is 0 Å². The lowest BCUT2D eigenvalue weighted by Crippen LogP contribution is -2.27. The minimum absolute atomic E-state index is 0.0535. The van der Waals surface area contributed by atoms with E-state index in [0.29, 0.717) is 0 Å². The Morgan fingerprint density at radius 1 is 0.696 bits per heavy atom. The zero-order valence-electron chi connectivity index (χ0n) is 12.5. The number of ether oxygens (including phenoxy) is 2. The number of carbonyl (C=O) groups is 1. The van der Waals surface area contributed by atoms with Crippen LogP contribution in [-0.4, -0.2) is 11.6 Å². The second-order valence-corrected chi connectivity index (χ2v) is 5.69. The summed E-state index contributed by atoms with van der Waals surface area (Å²) in [5.41, 5.74) is 2.11. The SMILES string of the molecule is O=C1C=CC2(C=C1)O[C@H](c1ccccc1)[C@@H](c1ccccc1)O2. The fraction of sp³-hybridized carbons (Fsp3) is 0.150. The van der Waals surface area contributed by atoms with Crippen molar-refractivity contribution >= 4 is 5.78 Å². The second kappa shape index (κ2) is 5.61. The van der Waals surface area contributed by atoms with Crippen molar-refractivity contribution in [1.29, 1.82) is 0 Å². The van der Waals surface area contributed by atoms with Crippen LogP contribution in [0.1, 0.15) is 23.3 Å². The molecule has 1 aliphatic carbocycles. The van der Waals surface area contributed by atoms with E-state index in [4.69, 9.17) is 9.47 Å². The van der Waals surface area contributed by atoms with Crippen LogP contribution in [0.15, 0.2) is 85.0 Å². The van der Waals surface area contributed by atoms with E-state index in [9.17, 15) is 4.79 Å². The van der Waals surface area contributed by atoms with Gasteiger partial charge in [-0.1, -0.05) is 60.7 Å². The monoisotopic (exact) mass is 304 g/mol. The highest BCUT2D eigenvalue weighted by molar-refractivity contribution is 6.00. The molecule has 0 N–H and O–H groups in total. The smallest absolute Gasteiger partial charge is 0.210 e. The Labute approximate surface area is 134 Å². The first-order valence-electron chi connectivity index (χ1n) is 7.64. The minimum Gasteiger partial charge on any atom is -0.332 e. The summed E-state index contributed by atoms with van der Waals surface area (Å²) in [7, 11) is 0. The average molecular weight is 304 g/mol. The molecule has 0 bridgehead atoms. The third-order valence-electron chi connectivity index (χ3n) is 4.11. The van der Waals surface area contributed by atoms with E-state index in [1.54, 1.807) is 12.2 Å². The van der Waals surface area contributed by atoms with Gasteiger partial charge in [0, 0.05) is 0 Å². The molecule has 2 atom stereocenters. The molecule has 0 unspecified atom stereocenters. The van der Waals surface area contributed by atoms with Crippen molar-refractivity contribution < 1.29 is 14.3 Å². The van der Waals surface area contributed by atoms with Gasteiger partial charge in [-0.15, -0.1) is 0 Å². The van der Waals surface area contributed by atoms with Crippen LogP contribution in [0, 0.1) is 0 Å². The molecule has 0 amide bonds. The van der Waals surface area contributed by atoms with Gasteiger partial charge in [0.15, 0.2) is 5.78 Å². The van der Waals surface area contributed by atoms with Crippen LogP contribution >= 0.6 is 0 Å². The fourth-order valence-electron chi connectivity index (χ4n) is 2.98. The van der Waals surface area contributed by atoms with Crippen molar-refractivity contribution in [2.24, 2.45) is 0 Å². The van der Waals surface area contributed by atoms with E-state index in [0.717, 1.165) is 11.1 Å². The van der Waals surface area contributed by atoms with Gasteiger partial charge in [-0.2, -0.15) is 0 Å². The Kier molecular flexibility index (Phi) is 3.45. The van der Waals surface area contributed by atoms with Gasteiger partial charge in [0.05, 0.1) is 0 Å². The van der Waals surface area contributed by atoms with Gasteiger partial charge in [-0.05, 0) is 35.4 Å². The topological polar surface area (TPSA) is 35.5 Å². The van der Waals surface area contributed by atoms with Gasteiger partial charge in [0.2, 0.25) is 5.79 Å². The Morgan fingerprint density at radius 3 is 1.57 bits per heavy atom. The van der Waals surface area contributed by atoms with E-state index in [-0.39, 0.29) is 18.0 Å².